The molecule has 0 amide bonds. The number of halogens is 4. The summed E-state index contributed by atoms with van der Waals surface area (Å²) in [6, 6.07) is 9.56. The second-order valence-electron chi connectivity index (χ2n) is 12.6. The van der Waals surface area contributed by atoms with E-state index in [1.54, 1.807) is 32.4 Å². The Morgan fingerprint density at radius 2 is 1.98 bits per heavy atom. The summed E-state index contributed by atoms with van der Waals surface area (Å²) >= 11 is 0. The summed E-state index contributed by atoms with van der Waals surface area (Å²) in [6.07, 6.45) is 1.68. The number of methoxy groups -OCH3 is 2. The van der Waals surface area contributed by atoms with Gasteiger partial charge in [-0.25, -0.2) is 9.18 Å². The Labute approximate surface area is 287 Å². The molecule has 1 saturated heterocycles. The molecule has 6 N–H and O–H groups in total. The fourth-order valence-corrected chi connectivity index (χ4v) is 6.45. The maximum absolute atomic E-state index is 15.6. The molecule has 2 aromatic heterocycles. The molecule has 0 saturated carbocycles. The number of nitrogens with one attached hydrogen (secondary N) is 4. The van der Waals surface area contributed by atoms with Gasteiger partial charge < -0.3 is 35.6 Å². The number of hydrogen-bond donors (Lipinski definition) is 5. The van der Waals surface area contributed by atoms with Crippen molar-refractivity contribution >= 4 is 16.9 Å². The molecule has 11 nitrogen and oxygen atoms in total. The molecule has 0 spiro atoms. The van der Waals surface area contributed by atoms with E-state index in [0.29, 0.717) is 60.6 Å². The van der Waals surface area contributed by atoms with Crippen molar-refractivity contribution in [2.24, 2.45) is 5.73 Å². The van der Waals surface area contributed by atoms with E-state index in [-0.39, 0.29) is 35.0 Å². The van der Waals surface area contributed by atoms with Crippen LogP contribution in [0.5, 0.6) is 11.5 Å². The summed E-state index contributed by atoms with van der Waals surface area (Å²) in [7, 11) is 3.09. The largest absolute Gasteiger partial charge is 0.573 e. The number of nitrogens with two attached hydrogens (primary N) is 1. The highest BCUT2D eigenvalue weighted by Crippen LogP contribution is 2.36. The van der Waals surface area contributed by atoms with Gasteiger partial charge in [0.25, 0.3) is 0 Å². The van der Waals surface area contributed by atoms with Crippen LogP contribution in [0.3, 0.4) is 0 Å². The van der Waals surface area contributed by atoms with Gasteiger partial charge in [0.1, 0.15) is 11.4 Å². The SMILES string of the molecule is COC[C@H](N)CCCc1cc(OC(F)(F)F)c(F)c(-c2cc3cn(-c4ccc([C@@H]5CCC[C@@H](CCNC(C)=N)N5)c(OC)c4)c(=O)nc3[nH]2)c1. The Kier molecular flexibility index (Phi) is 11.8. The van der Waals surface area contributed by atoms with E-state index >= 15 is 4.39 Å². The number of rotatable bonds is 14. The van der Waals surface area contributed by atoms with Gasteiger partial charge in [0.2, 0.25) is 0 Å². The van der Waals surface area contributed by atoms with Crippen molar-refractivity contribution in [1.82, 2.24) is 25.2 Å². The average Bonchev–Trinajstić information content (AvgIpc) is 3.47. The molecule has 1 fully saturated rings. The van der Waals surface area contributed by atoms with Crippen molar-refractivity contribution in [2.45, 2.75) is 76.4 Å². The van der Waals surface area contributed by atoms with Crippen molar-refractivity contribution in [1.29, 1.82) is 5.41 Å². The molecule has 5 rings (SSSR count). The maximum atomic E-state index is 15.6. The van der Waals surface area contributed by atoms with E-state index in [4.69, 9.17) is 20.6 Å². The molecule has 2 aromatic carbocycles. The number of piperidine rings is 1. The predicted octanol–water partition coefficient (Wildman–Crippen LogP) is 5.88. The van der Waals surface area contributed by atoms with Crippen LogP contribution < -0.4 is 31.5 Å². The molecule has 1 aliphatic heterocycles. The second kappa shape index (κ2) is 16.0. The second-order valence-corrected chi connectivity index (χ2v) is 12.6. The van der Waals surface area contributed by atoms with E-state index < -0.39 is 23.6 Å². The van der Waals surface area contributed by atoms with Gasteiger partial charge in [-0.05, 0) is 75.3 Å². The van der Waals surface area contributed by atoms with Crippen molar-refractivity contribution in [2.75, 3.05) is 27.4 Å². The Morgan fingerprint density at radius 3 is 2.70 bits per heavy atom. The number of aromatic nitrogens is 3. The van der Waals surface area contributed by atoms with Crippen molar-refractivity contribution < 1.29 is 31.8 Å². The third-order valence-corrected chi connectivity index (χ3v) is 8.78. The number of aromatic amines is 1. The van der Waals surface area contributed by atoms with Gasteiger partial charge >= 0.3 is 12.1 Å². The lowest BCUT2D eigenvalue weighted by Gasteiger charge is -2.32. The maximum Gasteiger partial charge on any atom is 0.573 e. The number of hydrogen-bond acceptors (Lipinski definition) is 8. The van der Waals surface area contributed by atoms with E-state index in [1.165, 1.54) is 23.8 Å². The lowest BCUT2D eigenvalue weighted by Crippen LogP contribution is -2.39. The van der Waals surface area contributed by atoms with Crippen LogP contribution in [0.15, 0.2) is 47.4 Å². The van der Waals surface area contributed by atoms with Crippen LogP contribution in [0.2, 0.25) is 0 Å². The highest BCUT2D eigenvalue weighted by molar-refractivity contribution is 5.83. The monoisotopic (exact) mass is 701 g/mol. The van der Waals surface area contributed by atoms with Gasteiger partial charge in [-0.1, -0.05) is 12.5 Å². The number of aryl methyl sites for hydroxylation is 1. The molecule has 0 bridgehead atoms. The molecule has 3 atom stereocenters. The van der Waals surface area contributed by atoms with Crippen molar-refractivity contribution in [3.05, 3.63) is 70.0 Å². The first kappa shape index (κ1) is 36.8. The summed E-state index contributed by atoms with van der Waals surface area (Å²) in [5.74, 6) is -1.13. The summed E-state index contributed by atoms with van der Waals surface area (Å²) in [5, 5.41) is 14.8. The van der Waals surface area contributed by atoms with Crippen LogP contribution in [0.25, 0.3) is 28.0 Å². The van der Waals surface area contributed by atoms with Gasteiger partial charge in [0, 0.05) is 60.6 Å². The topological polar surface area (TPSA) is 152 Å². The number of amidine groups is 1. The zero-order valence-corrected chi connectivity index (χ0v) is 28.3. The molecule has 3 heterocycles. The first-order valence-electron chi connectivity index (χ1n) is 16.5. The first-order valence-corrected chi connectivity index (χ1v) is 16.5. The molecule has 15 heteroatoms. The predicted molar refractivity (Wildman–Crippen MR) is 183 cm³/mol. The summed E-state index contributed by atoms with van der Waals surface area (Å²) < 4.78 is 71.4. The quantitative estimate of drug-likeness (QED) is 0.0621. The molecule has 50 heavy (non-hydrogen) atoms. The molecular weight excluding hydrogens is 658 g/mol. The lowest BCUT2D eigenvalue weighted by molar-refractivity contribution is -0.275. The minimum Gasteiger partial charge on any atom is -0.496 e. The normalized spacial score (nSPS) is 17.1. The fraction of sp³-hybridized carbons (Fsp3) is 0.457. The fourth-order valence-electron chi connectivity index (χ4n) is 6.45. The molecule has 270 valence electrons. The summed E-state index contributed by atoms with van der Waals surface area (Å²) in [6.45, 7) is 2.76. The number of alkyl halides is 3. The van der Waals surface area contributed by atoms with Crippen LogP contribution in [0.4, 0.5) is 17.6 Å². The van der Waals surface area contributed by atoms with Crippen molar-refractivity contribution in [3.63, 3.8) is 0 Å². The van der Waals surface area contributed by atoms with Gasteiger partial charge in [-0.2, -0.15) is 4.98 Å². The van der Waals surface area contributed by atoms with E-state index in [0.717, 1.165) is 37.3 Å². The number of ether oxygens (including phenoxy) is 3. The van der Waals surface area contributed by atoms with Crippen LogP contribution in [-0.2, 0) is 11.2 Å². The number of benzene rings is 2. The minimum absolute atomic E-state index is 0.0438. The average molecular weight is 702 g/mol. The Balaban J connectivity index is 1.43. The van der Waals surface area contributed by atoms with Gasteiger partial charge in [-0.3, -0.25) is 9.98 Å². The Bertz CT molecular complexity index is 1860. The Hall–Kier alpha value is -4.47. The van der Waals surface area contributed by atoms with Crippen LogP contribution in [-0.4, -0.2) is 66.2 Å². The van der Waals surface area contributed by atoms with Gasteiger partial charge in [0.15, 0.2) is 11.6 Å². The molecule has 4 aromatic rings. The van der Waals surface area contributed by atoms with Crippen LogP contribution in [0, 0.1) is 11.2 Å². The van der Waals surface area contributed by atoms with E-state index in [1.807, 2.05) is 6.07 Å². The molecule has 0 aliphatic carbocycles. The highest BCUT2D eigenvalue weighted by Gasteiger charge is 2.33. The number of nitrogens with zero attached hydrogens (tertiary/aromatic N) is 2. The summed E-state index contributed by atoms with van der Waals surface area (Å²) in [5.41, 5.74) is 7.34. The molecular formula is C35H43F4N7O4. The lowest BCUT2D eigenvalue weighted by atomic mass is 9.91. The number of fused-ring (bicyclic) bond motifs is 1. The van der Waals surface area contributed by atoms with Crippen LogP contribution in [0.1, 0.15) is 62.6 Å². The van der Waals surface area contributed by atoms with E-state index in [9.17, 15) is 18.0 Å². The molecule has 0 radical (unpaired) electrons. The third kappa shape index (κ3) is 9.20. The molecule has 0 unspecified atom stereocenters. The smallest absolute Gasteiger partial charge is 0.496 e. The van der Waals surface area contributed by atoms with Gasteiger partial charge in [0.05, 0.1) is 30.9 Å². The summed E-state index contributed by atoms with van der Waals surface area (Å²) in [4.78, 5) is 20.3. The zero-order chi connectivity index (χ0) is 36.0. The van der Waals surface area contributed by atoms with Crippen molar-refractivity contribution in [3.8, 4) is 28.4 Å². The minimum atomic E-state index is -5.11. The highest BCUT2D eigenvalue weighted by atomic mass is 19.4. The van der Waals surface area contributed by atoms with E-state index in [2.05, 4.69) is 25.3 Å². The standard InChI is InChI=1S/C35H43F4N7O4/c1-20(40)42-13-12-24-8-5-9-28(43-24)26-11-10-25(17-30(26)49-3)46-18-22-16-29(44-33(22)45-34(46)47)27-14-21(6-4-7-23(41)19-48-2)15-31(32(27)36)50-35(37,38)39/h10-11,14-18,23-24,28,43H,4-9,12-13,19,41H2,1-3H3,(H2,40,42)(H,44,45,47)/t23-,24+,28+/m1/s1. The van der Waals surface area contributed by atoms with Crippen LogP contribution >= 0.6 is 0 Å². The Morgan fingerprint density at radius 1 is 1.18 bits per heavy atom. The molecule has 1 aliphatic rings. The zero-order valence-electron chi connectivity index (χ0n) is 28.3. The number of H-pyrrole nitrogens is 1. The third-order valence-electron chi connectivity index (χ3n) is 8.78. The first-order chi connectivity index (χ1) is 23.8. The van der Waals surface area contributed by atoms with Gasteiger partial charge in [-0.15, -0.1) is 13.2 Å².